The number of nitrogens with one attached hydrogen (secondary N) is 2. The molecule has 1 fully saturated rings. The second kappa shape index (κ2) is 16.1. The first-order valence-electron chi connectivity index (χ1n) is 10.7. The first-order chi connectivity index (χ1) is 16.0. The van der Waals surface area contributed by atoms with Crippen LogP contribution in [0.1, 0.15) is 24.8 Å². The molecule has 1 amide bonds. The van der Waals surface area contributed by atoms with Crippen molar-refractivity contribution in [2.75, 3.05) is 43.4 Å². The average molecular weight is 604 g/mol. The molecule has 1 saturated heterocycles. The molecule has 1 aliphatic heterocycles. The highest BCUT2D eigenvalue weighted by molar-refractivity contribution is 14.2. The van der Waals surface area contributed by atoms with E-state index in [2.05, 4.69) is 49.7 Å². The molecule has 2 heterocycles. The number of allylic oxidation sites excluding steroid dienone is 1. The van der Waals surface area contributed by atoms with E-state index >= 15 is 0 Å². The van der Waals surface area contributed by atoms with E-state index in [9.17, 15) is 9.18 Å². The van der Waals surface area contributed by atoms with Crippen LogP contribution in [0.4, 0.5) is 15.8 Å². The lowest BCUT2D eigenvalue weighted by Crippen LogP contribution is -2.33. The Kier molecular flexibility index (Phi) is 13.5. The molecule has 33 heavy (non-hydrogen) atoms. The van der Waals surface area contributed by atoms with Crippen LogP contribution < -0.4 is 15.5 Å². The van der Waals surface area contributed by atoms with Crippen molar-refractivity contribution in [1.29, 1.82) is 0 Å². The predicted molar refractivity (Wildman–Crippen MR) is 149 cm³/mol. The molecule has 0 aliphatic carbocycles. The Morgan fingerprint density at radius 3 is 2.97 bits per heavy atom. The third-order valence-electron chi connectivity index (χ3n) is 4.92. The lowest BCUT2D eigenvalue weighted by atomic mass is 10.0. The Labute approximate surface area is 214 Å². The summed E-state index contributed by atoms with van der Waals surface area (Å²) >= 11 is 3.90. The van der Waals surface area contributed by atoms with Gasteiger partial charge in [0.2, 0.25) is 6.41 Å². The van der Waals surface area contributed by atoms with E-state index in [4.69, 9.17) is 0 Å². The smallest absolute Gasteiger partial charge is 0.211 e. The van der Waals surface area contributed by atoms with Gasteiger partial charge in [-0.05, 0) is 71.6 Å². The largest absolute Gasteiger partial charge is 0.366 e. The van der Waals surface area contributed by atoms with Crippen molar-refractivity contribution in [2.45, 2.75) is 19.8 Å². The van der Waals surface area contributed by atoms with Gasteiger partial charge in [0.05, 0.1) is 17.7 Å². The maximum atomic E-state index is 14.2. The zero-order valence-corrected chi connectivity index (χ0v) is 22.9. The van der Waals surface area contributed by atoms with E-state index in [0.29, 0.717) is 30.1 Å². The molecule has 2 aromatic rings. The first kappa shape index (κ1) is 27.6. The molecule has 2 unspecified atom stereocenters. The van der Waals surface area contributed by atoms with Crippen LogP contribution in [-0.2, 0) is 4.79 Å². The van der Waals surface area contributed by atoms with Gasteiger partial charge in [-0.1, -0.05) is 13.0 Å². The van der Waals surface area contributed by atoms with Crippen molar-refractivity contribution < 1.29 is 9.18 Å². The summed E-state index contributed by atoms with van der Waals surface area (Å²) in [6.45, 7) is 5.59. The molecule has 0 radical (unpaired) electrons. The zero-order valence-electron chi connectivity index (χ0n) is 18.9. The van der Waals surface area contributed by atoms with Gasteiger partial charge in [-0.2, -0.15) is 5.10 Å². The Hall–Kier alpha value is -1.62. The number of hydrogen-bond acceptors (Lipinski definition) is 7. The average Bonchev–Trinajstić information content (AvgIpc) is 3.35. The normalized spacial score (nSPS) is 17.5. The maximum Gasteiger partial charge on any atom is 0.211 e. The Morgan fingerprint density at radius 2 is 2.24 bits per heavy atom. The molecule has 0 saturated carbocycles. The molecule has 1 aliphatic rings. The number of carbonyl (C=O) groups is 1. The minimum atomic E-state index is -0.288. The lowest BCUT2D eigenvalue weighted by molar-refractivity contribution is -0.105. The number of anilines is 2. The summed E-state index contributed by atoms with van der Waals surface area (Å²) in [7, 11) is 1.94. The highest BCUT2D eigenvalue weighted by Gasteiger charge is 2.18. The second-order valence-corrected chi connectivity index (χ2v) is 10.6. The molecule has 180 valence electrons. The maximum absolute atomic E-state index is 14.2. The number of amides is 1. The topological polar surface area (TPSA) is 72.9 Å². The second-order valence-electron chi connectivity index (χ2n) is 7.42. The number of para-hydroxylation sites is 1. The summed E-state index contributed by atoms with van der Waals surface area (Å²) in [5.74, 6) is 0.320. The number of benzene rings is 1. The van der Waals surface area contributed by atoms with Crippen LogP contribution in [0.15, 0.2) is 41.0 Å². The van der Waals surface area contributed by atoms with Crippen molar-refractivity contribution in [3.63, 3.8) is 0 Å². The standard InChI is InChI=1S/C15H22FN3O.C7H9IN3PS/c1-12-5-7-17-8-10-19(9-6-12)15-13(16)3-2-4-14(15)18-11-20;1-11(12-8)10-4-2-3-7-9-5-6-13-7/h2-4,11-12,17H,5-10H2,1H3,(H,18,20);2-6,12H,1H3/b;3-2+,10-4-. The van der Waals surface area contributed by atoms with Gasteiger partial charge in [0.15, 0.2) is 0 Å². The summed E-state index contributed by atoms with van der Waals surface area (Å²) in [4.78, 5) is 16.8. The molecule has 1 aromatic heterocycles. The monoisotopic (exact) mass is 604 g/mol. The molecule has 7 nitrogen and oxygen atoms in total. The fourth-order valence-corrected chi connectivity index (χ4v) is 4.19. The van der Waals surface area contributed by atoms with Gasteiger partial charge in [-0.15, -0.1) is 11.3 Å². The van der Waals surface area contributed by atoms with Crippen molar-refractivity contribution >= 4 is 69.8 Å². The third-order valence-corrected chi connectivity index (χ3v) is 8.12. The fraction of sp³-hybridized carbons (Fsp3) is 0.409. The van der Waals surface area contributed by atoms with E-state index in [1.165, 1.54) is 6.07 Å². The SMILES string of the molecule is CC1CCNCCN(c2c(F)cccc2NC=O)CC1.CN(/N=C\C=C\c1nccs1)PI. The number of aromatic nitrogens is 1. The number of carbonyl (C=O) groups excluding carboxylic acids is 1. The van der Waals surface area contributed by atoms with Crippen molar-refractivity contribution in [3.8, 4) is 0 Å². The van der Waals surface area contributed by atoms with Gasteiger partial charge in [0.1, 0.15) is 10.8 Å². The van der Waals surface area contributed by atoms with Gasteiger partial charge < -0.3 is 15.5 Å². The molecular formula is C22H31FIN6OPS. The molecule has 2 atom stereocenters. The Balaban J connectivity index is 0.000000257. The van der Waals surface area contributed by atoms with Gasteiger partial charge >= 0.3 is 0 Å². The molecule has 2 N–H and O–H groups in total. The molecule has 11 heteroatoms. The highest BCUT2D eigenvalue weighted by Crippen LogP contribution is 2.29. The van der Waals surface area contributed by atoms with Gasteiger partial charge in [-0.25, -0.2) is 9.37 Å². The molecular weight excluding hydrogens is 573 g/mol. The number of thiazole rings is 1. The van der Waals surface area contributed by atoms with E-state index in [1.807, 2.05) is 34.3 Å². The van der Waals surface area contributed by atoms with Gasteiger partial charge in [-0.3, -0.25) is 9.57 Å². The van der Waals surface area contributed by atoms with Crippen molar-refractivity contribution in [2.24, 2.45) is 11.0 Å². The van der Waals surface area contributed by atoms with Crippen LogP contribution in [0.5, 0.6) is 0 Å². The van der Waals surface area contributed by atoms with Gasteiger partial charge in [0.25, 0.3) is 0 Å². The van der Waals surface area contributed by atoms with E-state index in [-0.39, 0.29) is 5.82 Å². The minimum Gasteiger partial charge on any atom is -0.366 e. The summed E-state index contributed by atoms with van der Waals surface area (Å²) < 4.78 is 16.1. The zero-order chi connectivity index (χ0) is 23.9. The van der Waals surface area contributed by atoms with Crippen molar-refractivity contribution in [3.05, 3.63) is 46.7 Å². The van der Waals surface area contributed by atoms with Gasteiger partial charge in [0, 0.05) is 44.5 Å². The first-order valence-corrected chi connectivity index (χ1v) is 15.6. The third kappa shape index (κ3) is 10.5. The van der Waals surface area contributed by atoms with E-state index in [0.717, 1.165) is 44.0 Å². The molecule has 0 bridgehead atoms. The number of rotatable bonds is 7. The number of hydrazone groups is 1. The van der Waals surface area contributed by atoms with Crippen molar-refractivity contribution in [1.82, 2.24) is 15.1 Å². The van der Waals surface area contributed by atoms with Crippen LogP contribution in [0.3, 0.4) is 0 Å². The quantitative estimate of drug-likeness (QED) is 0.149. The molecule has 3 rings (SSSR count). The van der Waals surface area contributed by atoms with E-state index in [1.54, 1.807) is 35.9 Å². The van der Waals surface area contributed by atoms with Crippen LogP contribution in [-0.4, -0.2) is 55.6 Å². The van der Waals surface area contributed by atoms with Crippen LogP contribution in [0.25, 0.3) is 6.08 Å². The molecule has 0 spiro atoms. The lowest BCUT2D eigenvalue weighted by Gasteiger charge is -2.27. The van der Waals surface area contributed by atoms with Crippen LogP contribution in [0, 0.1) is 11.7 Å². The highest BCUT2D eigenvalue weighted by atomic mass is 127. The Bertz CT molecular complexity index is 886. The predicted octanol–water partition coefficient (Wildman–Crippen LogP) is 5.24. The summed E-state index contributed by atoms with van der Waals surface area (Å²) in [5.41, 5.74) is 1.03. The Morgan fingerprint density at radius 1 is 1.39 bits per heavy atom. The minimum absolute atomic E-state index is 0.288. The van der Waals surface area contributed by atoms with E-state index < -0.39 is 0 Å². The van der Waals surface area contributed by atoms with Crippen LogP contribution >= 0.6 is 39.8 Å². The molecule has 1 aromatic carbocycles. The summed E-state index contributed by atoms with van der Waals surface area (Å²) in [6, 6.07) is 4.78. The van der Waals surface area contributed by atoms with Crippen LogP contribution in [0.2, 0.25) is 0 Å². The number of nitrogens with zero attached hydrogens (tertiary/aromatic N) is 4. The number of halogens is 2. The fourth-order valence-electron chi connectivity index (χ4n) is 3.16. The summed E-state index contributed by atoms with van der Waals surface area (Å²) in [6.07, 6.45) is 10.8. The number of hydrogen-bond donors (Lipinski definition) is 2. The summed E-state index contributed by atoms with van der Waals surface area (Å²) in [5, 5.41) is 13.1.